The monoisotopic (exact) mass is 344 g/mol. The number of hydrogen-bond acceptors (Lipinski definition) is 4. The van der Waals surface area contributed by atoms with Crippen molar-refractivity contribution in [1.82, 2.24) is 0 Å². The predicted molar refractivity (Wildman–Crippen MR) is 95.3 cm³/mol. The van der Waals surface area contributed by atoms with Gasteiger partial charge in [-0.05, 0) is 55.9 Å². The van der Waals surface area contributed by atoms with Crippen LogP contribution in [0.25, 0.3) is 6.08 Å². The number of carboxylic acid groups (broad SMARTS) is 1. The molecule has 0 saturated heterocycles. The summed E-state index contributed by atoms with van der Waals surface area (Å²) in [5, 5.41) is 8.60. The number of rotatable bonds is 8. The molecule has 1 aliphatic carbocycles. The van der Waals surface area contributed by atoms with Crippen molar-refractivity contribution in [3.8, 4) is 5.75 Å². The Labute approximate surface area is 147 Å². The highest BCUT2D eigenvalue weighted by Gasteiger charge is 2.28. The van der Waals surface area contributed by atoms with Crippen molar-refractivity contribution in [2.45, 2.75) is 38.2 Å². The summed E-state index contributed by atoms with van der Waals surface area (Å²) in [5.74, 6) is -0.828. The van der Waals surface area contributed by atoms with E-state index in [1.54, 1.807) is 24.3 Å². The molecule has 1 saturated carbocycles. The molecule has 5 nitrogen and oxygen atoms in total. The minimum absolute atomic E-state index is 0.0918. The third kappa shape index (κ3) is 6.55. The molecule has 1 aromatic rings. The van der Waals surface area contributed by atoms with E-state index in [0.29, 0.717) is 12.4 Å². The van der Waals surface area contributed by atoms with Gasteiger partial charge in [0.15, 0.2) is 0 Å². The highest BCUT2D eigenvalue weighted by molar-refractivity contribution is 5.85. The van der Waals surface area contributed by atoms with E-state index in [1.165, 1.54) is 6.08 Å². The van der Waals surface area contributed by atoms with Crippen LogP contribution < -0.4 is 4.74 Å². The van der Waals surface area contributed by atoms with Crippen LogP contribution in [0.4, 0.5) is 0 Å². The topological polar surface area (TPSA) is 72.8 Å². The van der Waals surface area contributed by atoms with Crippen LogP contribution in [-0.4, -0.2) is 29.8 Å². The maximum Gasteiger partial charge on any atom is 0.328 e. The van der Waals surface area contributed by atoms with Crippen LogP contribution in [0.15, 0.2) is 43.0 Å². The normalized spacial score (nSPS) is 20.3. The summed E-state index contributed by atoms with van der Waals surface area (Å²) < 4.78 is 11.2. The number of benzene rings is 1. The van der Waals surface area contributed by atoms with Gasteiger partial charge >= 0.3 is 11.9 Å². The molecule has 0 unspecified atom stereocenters. The molecule has 1 aromatic carbocycles. The van der Waals surface area contributed by atoms with Crippen molar-refractivity contribution in [3.05, 3.63) is 48.6 Å². The fourth-order valence-corrected chi connectivity index (χ4v) is 2.80. The molecule has 134 valence electrons. The third-order valence-corrected chi connectivity index (χ3v) is 4.20. The first-order chi connectivity index (χ1) is 12.1. The molecule has 0 radical (unpaired) electrons. The summed E-state index contributed by atoms with van der Waals surface area (Å²) in [7, 11) is 0. The Balaban J connectivity index is 1.78. The quantitative estimate of drug-likeness (QED) is 0.255. The molecule has 5 heteroatoms. The maximum atomic E-state index is 12.3. The van der Waals surface area contributed by atoms with Gasteiger partial charge in [0, 0.05) is 6.08 Å². The summed E-state index contributed by atoms with van der Waals surface area (Å²) in [6.45, 7) is 4.36. The van der Waals surface area contributed by atoms with Crippen molar-refractivity contribution < 1.29 is 24.2 Å². The Hall–Kier alpha value is -2.40. The average molecular weight is 344 g/mol. The number of esters is 1. The minimum Gasteiger partial charge on any atom is -0.478 e. The van der Waals surface area contributed by atoms with Gasteiger partial charge in [-0.25, -0.2) is 4.79 Å². The molecule has 2 rings (SSSR count). The van der Waals surface area contributed by atoms with E-state index in [4.69, 9.17) is 14.6 Å². The zero-order chi connectivity index (χ0) is 18.1. The van der Waals surface area contributed by atoms with Crippen molar-refractivity contribution in [3.63, 3.8) is 0 Å². The van der Waals surface area contributed by atoms with Crippen LogP contribution in [-0.2, 0) is 14.3 Å². The Morgan fingerprint density at radius 3 is 2.44 bits per heavy atom. The van der Waals surface area contributed by atoms with Gasteiger partial charge < -0.3 is 14.6 Å². The lowest BCUT2D eigenvalue weighted by Gasteiger charge is -2.27. The number of carbonyl (C=O) groups excluding carboxylic acids is 1. The van der Waals surface area contributed by atoms with Gasteiger partial charge in [0.25, 0.3) is 0 Å². The van der Waals surface area contributed by atoms with Crippen LogP contribution in [0.3, 0.4) is 0 Å². The molecular formula is C20H24O5. The van der Waals surface area contributed by atoms with E-state index in [9.17, 15) is 9.59 Å². The first-order valence-electron chi connectivity index (χ1n) is 8.53. The maximum absolute atomic E-state index is 12.3. The zero-order valence-corrected chi connectivity index (χ0v) is 14.2. The molecular weight excluding hydrogens is 320 g/mol. The summed E-state index contributed by atoms with van der Waals surface area (Å²) >= 11 is 0. The lowest BCUT2D eigenvalue weighted by Crippen LogP contribution is -2.29. The molecule has 1 fully saturated rings. The minimum atomic E-state index is -1.00. The Bertz CT molecular complexity index is 609. The molecule has 0 heterocycles. The zero-order valence-electron chi connectivity index (χ0n) is 14.2. The highest BCUT2D eigenvalue weighted by atomic mass is 16.5. The molecule has 0 atom stereocenters. The summed E-state index contributed by atoms with van der Waals surface area (Å²) in [5.41, 5.74) is 0.736. The van der Waals surface area contributed by atoms with Gasteiger partial charge in [-0.15, -0.1) is 6.58 Å². The standard InChI is InChI=1S/C20H24O5/c1-2-3-14-24-17-11-7-16(8-12-17)20(23)25-18-9-4-15(5-10-18)6-13-19(21)22/h2,4-6,9-10,13,16-17H,1,3,7-8,11-12,14H2,(H,21,22). The Morgan fingerprint density at radius 1 is 1.16 bits per heavy atom. The van der Waals surface area contributed by atoms with E-state index in [1.807, 2.05) is 6.08 Å². The summed E-state index contributed by atoms with van der Waals surface area (Å²) in [4.78, 5) is 22.8. The lowest BCUT2D eigenvalue weighted by atomic mass is 9.87. The Kier molecular flexibility index (Phi) is 7.41. The van der Waals surface area contributed by atoms with E-state index in [-0.39, 0.29) is 18.0 Å². The van der Waals surface area contributed by atoms with Gasteiger partial charge in [0.2, 0.25) is 0 Å². The molecule has 0 amide bonds. The van der Waals surface area contributed by atoms with Crippen molar-refractivity contribution in [2.75, 3.05) is 6.61 Å². The molecule has 0 bridgehead atoms. The third-order valence-electron chi connectivity index (χ3n) is 4.20. The van der Waals surface area contributed by atoms with Gasteiger partial charge in [-0.1, -0.05) is 18.2 Å². The smallest absolute Gasteiger partial charge is 0.328 e. The van der Waals surface area contributed by atoms with Crippen LogP contribution in [0.5, 0.6) is 5.75 Å². The van der Waals surface area contributed by atoms with Gasteiger partial charge in [-0.3, -0.25) is 4.79 Å². The molecule has 0 aromatic heterocycles. The molecule has 0 aliphatic heterocycles. The van der Waals surface area contributed by atoms with E-state index < -0.39 is 5.97 Å². The molecule has 0 spiro atoms. The van der Waals surface area contributed by atoms with E-state index >= 15 is 0 Å². The lowest BCUT2D eigenvalue weighted by molar-refractivity contribution is -0.141. The first-order valence-corrected chi connectivity index (χ1v) is 8.53. The average Bonchev–Trinajstić information content (AvgIpc) is 2.62. The summed E-state index contributed by atoms with van der Waals surface area (Å²) in [6.07, 6.45) is 8.76. The number of aliphatic carboxylic acids is 1. The largest absolute Gasteiger partial charge is 0.478 e. The number of hydrogen-bond donors (Lipinski definition) is 1. The van der Waals surface area contributed by atoms with Gasteiger partial charge in [-0.2, -0.15) is 0 Å². The second kappa shape index (κ2) is 9.79. The number of ether oxygens (including phenoxy) is 2. The number of carboxylic acids is 1. The van der Waals surface area contributed by atoms with Crippen molar-refractivity contribution >= 4 is 18.0 Å². The summed E-state index contributed by atoms with van der Waals surface area (Å²) in [6, 6.07) is 6.77. The van der Waals surface area contributed by atoms with Crippen LogP contribution in [0.2, 0.25) is 0 Å². The molecule has 1 aliphatic rings. The van der Waals surface area contributed by atoms with E-state index in [2.05, 4.69) is 6.58 Å². The fourth-order valence-electron chi connectivity index (χ4n) is 2.80. The van der Waals surface area contributed by atoms with Gasteiger partial charge in [0.1, 0.15) is 5.75 Å². The first kappa shape index (κ1) is 18.9. The Morgan fingerprint density at radius 2 is 1.84 bits per heavy atom. The highest BCUT2D eigenvalue weighted by Crippen LogP contribution is 2.28. The van der Waals surface area contributed by atoms with Gasteiger partial charge in [0.05, 0.1) is 18.6 Å². The SMILES string of the molecule is C=CCCOC1CCC(C(=O)Oc2ccc(C=CC(=O)O)cc2)CC1. The van der Waals surface area contributed by atoms with E-state index in [0.717, 1.165) is 43.7 Å². The molecule has 25 heavy (non-hydrogen) atoms. The second-order valence-electron chi connectivity index (χ2n) is 6.08. The fraction of sp³-hybridized carbons (Fsp3) is 0.400. The van der Waals surface area contributed by atoms with Crippen LogP contribution in [0, 0.1) is 5.92 Å². The second-order valence-corrected chi connectivity index (χ2v) is 6.08. The van der Waals surface area contributed by atoms with Crippen molar-refractivity contribution in [2.24, 2.45) is 5.92 Å². The predicted octanol–water partition coefficient (Wildman–Crippen LogP) is 3.84. The molecule has 1 N–H and O–H groups in total. The number of carbonyl (C=O) groups is 2. The van der Waals surface area contributed by atoms with Crippen molar-refractivity contribution in [1.29, 1.82) is 0 Å². The van der Waals surface area contributed by atoms with Crippen LogP contribution >= 0.6 is 0 Å². The van der Waals surface area contributed by atoms with Crippen LogP contribution in [0.1, 0.15) is 37.7 Å².